The van der Waals surface area contributed by atoms with Crippen molar-refractivity contribution < 1.29 is 9.21 Å². The molecular weight excluding hydrogens is 300 g/mol. The third-order valence-electron chi connectivity index (χ3n) is 3.59. The number of amides is 1. The predicted molar refractivity (Wildman–Crippen MR) is 85.3 cm³/mol. The van der Waals surface area contributed by atoms with Crippen molar-refractivity contribution >= 4 is 22.4 Å². The summed E-state index contributed by atoms with van der Waals surface area (Å²) in [6.07, 6.45) is 0.702. The number of nitrogens with one attached hydrogen (secondary N) is 1. The zero-order valence-electron chi connectivity index (χ0n) is 13.3. The van der Waals surface area contributed by atoms with Crippen LogP contribution < -0.4 is 5.32 Å². The van der Waals surface area contributed by atoms with E-state index in [4.69, 9.17) is 4.42 Å². The van der Waals surface area contributed by atoms with E-state index < -0.39 is 0 Å². The summed E-state index contributed by atoms with van der Waals surface area (Å²) >= 11 is 1.43. The van der Waals surface area contributed by atoms with Gasteiger partial charge in [0.15, 0.2) is 11.0 Å². The summed E-state index contributed by atoms with van der Waals surface area (Å²) in [5.41, 5.74) is 1.23. The van der Waals surface area contributed by atoms with Gasteiger partial charge in [0.2, 0.25) is 0 Å². The van der Waals surface area contributed by atoms with E-state index in [0.717, 1.165) is 22.5 Å². The summed E-state index contributed by atoms with van der Waals surface area (Å²) in [6, 6.07) is 0. The molecule has 22 heavy (non-hydrogen) atoms. The average molecular weight is 320 g/mol. The molecule has 0 fully saturated rings. The molecule has 0 bridgehead atoms. The van der Waals surface area contributed by atoms with Gasteiger partial charge >= 0.3 is 0 Å². The van der Waals surface area contributed by atoms with Crippen LogP contribution in [0, 0.1) is 0 Å². The lowest BCUT2D eigenvalue weighted by molar-refractivity contribution is 0.0722. The smallest absolute Gasteiger partial charge is 0.273 e. The van der Waals surface area contributed by atoms with E-state index in [1.165, 1.54) is 11.3 Å². The van der Waals surface area contributed by atoms with Crippen molar-refractivity contribution in [3.8, 4) is 0 Å². The molecule has 6 nitrogen and oxygen atoms in total. The molecule has 1 aliphatic rings. The SMILES string of the molecule is CNc1nc(C(=O)N2CCc3oc(C(C)(C)C)nc3C2)cs1. The van der Waals surface area contributed by atoms with Gasteiger partial charge in [-0.25, -0.2) is 9.97 Å². The number of hydrogen-bond acceptors (Lipinski definition) is 6. The van der Waals surface area contributed by atoms with Crippen LogP contribution >= 0.6 is 11.3 Å². The number of nitrogens with zero attached hydrogens (tertiary/aromatic N) is 3. The Labute approximate surface area is 133 Å². The number of carbonyl (C=O) groups is 1. The lowest BCUT2D eigenvalue weighted by atomic mass is 9.97. The Morgan fingerprint density at radius 1 is 1.41 bits per heavy atom. The minimum atomic E-state index is -0.122. The van der Waals surface area contributed by atoms with Crippen LogP contribution in [0.5, 0.6) is 0 Å². The number of rotatable bonds is 2. The summed E-state index contributed by atoms with van der Waals surface area (Å²) in [5, 5.41) is 5.48. The van der Waals surface area contributed by atoms with Crippen LogP contribution in [-0.2, 0) is 18.4 Å². The molecule has 0 radical (unpaired) electrons. The maximum Gasteiger partial charge on any atom is 0.273 e. The Balaban J connectivity index is 1.79. The third-order valence-corrected chi connectivity index (χ3v) is 4.45. The Bertz CT molecular complexity index is 699. The van der Waals surface area contributed by atoms with Crippen molar-refractivity contribution in [3.05, 3.63) is 28.4 Å². The second kappa shape index (κ2) is 5.39. The molecule has 7 heteroatoms. The Morgan fingerprint density at radius 2 is 2.18 bits per heavy atom. The average Bonchev–Trinajstić information content (AvgIpc) is 3.11. The molecule has 0 unspecified atom stereocenters. The number of carbonyl (C=O) groups excluding carboxylic acids is 1. The van der Waals surface area contributed by atoms with E-state index in [9.17, 15) is 4.79 Å². The molecule has 0 aliphatic carbocycles. The number of aromatic nitrogens is 2. The number of thiazole rings is 1. The van der Waals surface area contributed by atoms with Gasteiger partial charge in [-0.05, 0) is 0 Å². The molecule has 2 aromatic rings. The van der Waals surface area contributed by atoms with Crippen LogP contribution in [0.2, 0.25) is 0 Å². The Hall–Kier alpha value is -1.89. The number of fused-ring (bicyclic) bond motifs is 1. The van der Waals surface area contributed by atoms with Crippen molar-refractivity contribution in [1.82, 2.24) is 14.9 Å². The van der Waals surface area contributed by atoms with Gasteiger partial charge in [0.05, 0.1) is 6.54 Å². The van der Waals surface area contributed by atoms with Gasteiger partial charge in [-0.1, -0.05) is 20.8 Å². The van der Waals surface area contributed by atoms with Gasteiger partial charge in [-0.15, -0.1) is 11.3 Å². The highest BCUT2D eigenvalue weighted by molar-refractivity contribution is 7.13. The number of oxazole rings is 1. The monoisotopic (exact) mass is 320 g/mol. The molecule has 0 atom stereocenters. The van der Waals surface area contributed by atoms with Gasteiger partial charge in [0.25, 0.3) is 5.91 Å². The summed E-state index contributed by atoms with van der Waals surface area (Å²) in [6.45, 7) is 7.34. The zero-order chi connectivity index (χ0) is 15.9. The molecule has 118 valence electrons. The molecule has 0 saturated carbocycles. The maximum atomic E-state index is 12.5. The van der Waals surface area contributed by atoms with Crippen molar-refractivity contribution in [2.24, 2.45) is 0 Å². The first-order valence-corrected chi connectivity index (χ1v) is 8.18. The molecule has 2 aromatic heterocycles. The Kier molecular flexibility index (Phi) is 3.68. The van der Waals surface area contributed by atoms with Gasteiger partial charge in [0.1, 0.15) is 17.1 Å². The number of hydrogen-bond donors (Lipinski definition) is 1. The minimum Gasteiger partial charge on any atom is -0.445 e. The summed E-state index contributed by atoms with van der Waals surface area (Å²) < 4.78 is 5.85. The minimum absolute atomic E-state index is 0.0521. The first-order chi connectivity index (χ1) is 10.4. The van der Waals surface area contributed by atoms with Crippen molar-refractivity contribution in [1.29, 1.82) is 0 Å². The first kappa shape index (κ1) is 15.0. The van der Waals surface area contributed by atoms with Gasteiger partial charge in [0, 0.05) is 30.8 Å². The van der Waals surface area contributed by atoms with Gasteiger partial charge in [-0.3, -0.25) is 4.79 Å². The molecule has 0 saturated heterocycles. The topological polar surface area (TPSA) is 71.3 Å². The highest BCUT2D eigenvalue weighted by Crippen LogP contribution is 2.28. The van der Waals surface area contributed by atoms with Crippen LogP contribution in [0.1, 0.15) is 48.6 Å². The van der Waals surface area contributed by atoms with Gasteiger partial charge < -0.3 is 14.6 Å². The van der Waals surface area contributed by atoms with E-state index in [2.05, 4.69) is 36.1 Å². The van der Waals surface area contributed by atoms with Crippen LogP contribution in [-0.4, -0.2) is 34.4 Å². The summed E-state index contributed by atoms with van der Waals surface area (Å²) in [5.74, 6) is 1.59. The van der Waals surface area contributed by atoms with E-state index >= 15 is 0 Å². The van der Waals surface area contributed by atoms with Crippen molar-refractivity contribution in [2.45, 2.75) is 39.2 Å². The molecule has 3 heterocycles. The Morgan fingerprint density at radius 3 is 2.82 bits per heavy atom. The quantitative estimate of drug-likeness (QED) is 0.921. The fraction of sp³-hybridized carbons (Fsp3) is 0.533. The lowest BCUT2D eigenvalue weighted by Crippen LogP contribution is -2.36. The standard InChI is InChI=1S/C15H20N4O2S/c1-15(2,3)13-17-9-7-19(6-5-11(9)21-13)12(20)10-8-22-14(16-4)18-10/h8H,5-7H2,1-4H3,(H,16,18). The maximum absolute atomic E-state index is 12.5. The van der Waals surface area contributed by atoms with Crippen LogP contribution in [0.15, 0.2) is 9.80 Å². The molecule has 1 N–H and O–H groups in total. The van der Waals surface area contributed by atoms with Crippen LogP contribution in [0.25, 0.3) is 0 Å². The lowest BCUT2D eigenvalue weighted by Gasteiger charge is -2.24. The van der Waals surface area contributed by atoms with Gasteiger partial charge in [-0.2, -0.15) is 0 Å². The summed E-state index contributed by atoms with van der Waals surface area (Å²) in [4.78, 5) is 23.2. The van der Waals surface area contributed by atoms with E-state index in [0.29, 0.717) is 25.2 Å². The molecule has 0 spiro atoms. The third kappa shape index (κ3) is 2.72. The second-order valence-electron chi connectivity index (χ2n) is 6.40. The van der Waals surface area contributed by atoms with E-state index in [-0.39, 0.29) is 11.3 Å². The van der Waals surface area contributed by atoms with E-state index in [1.807, 2.05) is 0 Å². The first-order valence-electron chi connectivity index (χ1n) is 7.30. The zero-order valence-corrected chi connectivity index (χ0v) is 14.1. The molecule has 0 aromatic carbocycles. The number of anilines is 1. The summed E-state index contributed by atoms with van der Waals surface area (Å²) in [7, 11) is 1.80. The van der Waals surface area contributed by atoms with Crippen LogP contribution in [0.4, 0.5) is 5.13 Å². The largest absolute Gasteiger partial charge is 0.445 e. The van der Waals surface area contributed by atoms with Crippen molar-refractivity contribution in [2.75, 3.05) is 18.9 Å². The molecule has 1 aliphatic heterocycles. The normalized spacial score (nSPS) is 14.8. The predicted octanol–water partition coefficient (Wildman–Crippen LogP) is 2.67. The molecular formula is C15H20N4O2S. The fourth-order valence-electron chi connectivity index (χ4n) is 2.34. The van der Waals surface area contributed by atoms with E-state index in [1.54, 1.807) is 17.3 Å². The second-order valence-corrected chi connectivity index (χ2v) is 7.26. The van der Waals surface area contributed by atoms with Crippen LogP contribution in [0.3, 0.4) is 0 Å². The highest BCUT2D eigenvalue weighted by atomic mass is 32.1. The molecule has 3 rings (SSSR count). The highest BCUT2D eigenvalue weighted by Gasteiger charge is 2.30. The fourth-order valence-corrected chi connectivity index (χ4v) is 2.99. The molecule has 1 amide bonds. The van der Waals surface area contributed by atoms with Crippen molar-refractivity contribution in [3.63, 3.8) is 0 Å².